The Kier molecular flexibility index (Phi) is 10.4. The van der Waals surface area contributed by atoms with E-state index in [1.165, 1.54) is 24.5 Å². The zero-order valence-electron chi connectivity index (χ0n) is 32.5. The van der Waals surface area contributed by atoms with Crippen molar-refractivity contribution in [2.75, 3.05) is 19.0 Å². The van der Waals surface area contributed by atoms with Crippen LogP contribution in [-0.2, 0) is 19.1 Å². The van der Waals surface area contributed by atoms with Gasteiger partial charge in [0, 0.05) is 29.8 Å². The number of fused-ring (bicyclic) bond motifs is 2. The molecule has 7 rings (SSSR count). The number of aromatic nitrogens is 3. The van der Waals surface area contributed by atoms with E-state index in [2.05, 4.69) is 27.6 Å². The van der Waals surface area contributed by atoms with Crippen molar-refractivity contribution < 1.29 is 38.5 Å². The highest BCUT2D eigenvalue weighted by molar-refractivity contribution is 6.36. The summed E-state index contributed by atoms with van der Waals surface area (Å²) in [5, 5.41) is 24.2. The number of alkyl carbamates (subject to hydrolysis) is 1. The van der Waals surface area contributed by atoms with Crippen molar-refractivity contribution >= 4 is 52.1 Å². The number of rotatable bonds is 13. The van der Waals surface area contributed by atoms with Crippen molar-refractivity contribution in [3.8, 4) is 17.3 Å². The van der Waals surface area contributed by atoms with E-state index in [1.807, 2.05) is 34.6 Å². The van der Waals surface area contributed by atoms with Crippen LogP contribution < -0.4 is 25.4 Å². The predicted molar refractivity (Wildman–Crippen MR) is 208 cm³/mol. The first-order chi connectivity index (χ1) is 26.5. The van der Waals surface area contributed by atoms with E-state index in [4.69, 9.17) is 30.8 Å². The Balaban J connectivity index is 1.20. The number of carbonyl (C=O) groups is 4. The molecule has 3 saturated carbocycles. The van der Waals surface area contributed by atoms with Gasteiger partial charge < -0.3 is 40.2 Å². The Morgan fingerprint density at radius 2 is 1.82 bits per heavy atom. The largest absolute Gasteiger partial charge is 0.495 e. The molecule has 0 radical (unpaired) electrons. The molecule has 2 aromatic heterocycles. The fourth-order valence-electron chi connectivity index (χ4n) is 8.17. The maximum atomic E-state index is 14.6. The van der Waals surface area contributed by atoms with E-state index in [1.54, 1.807) is 35.3 Å². The number of nitrogens with zero attached hydrogens (tertiary/aromatic N) is 4. The van der Waals surface area contributed by atoms with Crippen LogP contribution in [0.25, 0.3) is 16.7 Å². The minimum Gasteiger partial charge on any atom is -0.495 e. The number of hydrogen-bond acceptors (Lipinski definition) is 10. The van der Waals surface area contributed by atoms with Gasteiger partial charge >= 0.3 is 12.1 Å². The number of ether oxygens (including phenoxy) is 3. The van der Waals surface area contributed by atoms with Crippen LogP contribution >= 0.6 is 11.6 Å². The predicted octanol–water partition coefficient (Wildman–Crippen LogP) is 5.34. The first kappa shape index (κ1) is 39.2. The van der Waals surface area contributed by atoms with Crippen molar-refractivity contribution in [1.29, 1.82) is 0 Å². The average molecular weight is 792 g/mol. The summed E-state index contributed by atoms with van der Waals surface area (Å²) in [6, 6.07) is 3.12. The first-order valence-electron chi connectivity index (χ1n) is 19.1. The highest BCUT2D eigenvalue weighted by Crippen LogP contribution is 2.52. The van der Waals surface area contributed by atoms with E-state index in [0.717, 1.165) is 18.5 Å². The number of carboxylic acids is 1. The number of nitrogens with one attached hydrogen (secondary N) is 3. The van der Waals surface area contributed by atoms with Crippen LogP contribution in [0.1, 0.15) is 66.7 Å². The third kappa shape index (κ3) is 7.69. The number of carbonyl (C=O) groups excluding carboxylic acids is 3. The number of halogens is 1. The number of pyridine rings is 1. The molecule has 0 spiro atoms. The molecule has 15 nitrogen and oxygen atoms in total. The highest BCUT2D eigenvalue weighted by atomic mass is 35.5. The molecule has 8 atom stereocenters. The lowest BCUT2D eigenvalue weighted by atomic mass is 9.85. The first-order valence-corrected chi connectivity index (χ1v) is 19.5. The summed E-state index contributed by atoms with van der Waals surface area (Å²) in [6.45, 7) is 13.2. The van der Waals surface area contributed by atoms with Gasteiger partial charge in [-0.3, -0.25) is 9.59 Å². The number of carboxylic acid groups (broad SMARTS) is 1. The van der Waals surface area contributed by atoms with Crippen molar-refractivity contribution in [3.63, 3.8) is 0 Å². The number of anilines is 1. The molecule has 1 aromatic carbocycles. The van der Waals surface area contributed by atoms with Crippen LogP contribution in [0.3, 0.4) is 0 Å². The van der Waals surface area contributed by atoms with Crippen molar-refractivity contribution in [2.24, 2.45) is 23.2 Å². The van der Waals surface area contributed by atoms with Crippen LogP contribution in [0, 0.1) is 23.2 Å². The number of aliphatic carboxylic acids is 1. The Morgan fingerprint density at radius 3 is 2.45 bits per heavy atom. The molecule has 3 aromatic rings. The second-order valence-corrected chi connectivity index (χ2v) is 17.3. The summed E-state index contributed by atoms with van der Waals surface area (Å²) in [7, 11) is 1.50. The highest BCUT2D eigenvalue weighted by Gasteiger charge is 2.61. The molecule has 3 amide bonds. The Hall–Kier alpha value is -5.05. The molecule has 16 heteroatoms. The van der Waals surface area contributed by atoms with Gasteiger partial charge in [0.25, 0.3) is 0 Å². The van der Waals surface area contributed by atoms with Gasteiger partial charge in [0.2, 0.25) is 11.8 Å². The summed E-state index contributed by atoms with van der Waals surface area (Å²) in [5.41, 5.74) is -1.16. The minimum absolute atomic E-state index is 0.0193. The average Bonchev–Trinajstić information content (AvgIpc) is 3.80. The number of methoxy groups -OCH3 is 1. The van der Waals surface area contributed by atoms with Crippen LogP contribution in [-0.4, -0.2) is 98.2 Å². The summed E-state index contributed by atoms with van der Waals surface area (Å²) >= 11 is 6.80. The molecule has 4 fully saturated rings. The van der Waals surface area contributed by atoms with Gasteiger partial charge in [-0.1, -0.05) is 38.4 Å². The van der Waals surface area contributed by atoms with Crippen LogP contribution in [0.5, 0.6) is 11.5 Å². The minimum atomic E-state index is -1.53. The van der Waals surface area contributed by atoms with Gasteiger partial charge in [-0.25, -0.2) is 19.3 Å². The molecule has 4 aliphatic rings. The molecule has 1 unspecified atom stereocenters. The third-order valence-electron chi connectivity index (χ3n) is 11.3. The fraction of sp³-hybridized carbons (Fsp3) is 0.550. The molecule has 3 heterocycles. The van der Waals surface area contributed by atoms with Gasteiger partial charge in [0.15, 0.2) is 5.82 Å². The maximum absolute atomic E-state index is 14.6. The van der Waals surface area contributed by atoms with Gasteiger partial charge in [-0.2, -0.15) is 5.10 Å². The van der Waals surface area contributed by atoms with Crippen LogP contribution in [0.2, 0.25) is 5.02 Å². The second-order valence-electron chi connectivity index (χ2n) is 16.9. The molecule has 1 saturated heterocycles. The molecule has 1 aliphatic heterocycles. The molecular formula is C40H50ClN7O8. The Labute approximate surface area is 330 Å². The number of likely N-dealkylation sites (tertiary alicyclic amines) is 1. The quantitative estimate of drug-likeness (QED) is 0.164. The molecule has 4 N–H and O–H groups in total. The van der Waals surface area contributed by atoms with E-state index in [9.17, 15) is 24.3 Å². The third-order valence-corrected chi connectivity index (χ3v) is 11.7. The van der Waals surface area contributed by atoms with Crippen molar-refractivity contribution in [1.82, 2.24) is 30.3 Å². The van der Waals surface area contributed by atoms with Gasteiger partial charge in [0.05, 0.1) is 37.3 Å². The summed E-state index contributed by atoms with van der Waals surface area (Å²) in [4.78, 5) is 60.6. The van der Waals surface area contributed by atoms with Gasteiger partial charge in [-0.15, -0.1) is 6.58 Å². The fourth-order valence-corrected chi connectivity index (χ4v) is 8.46. The zero-order chi connectivity index (χ0) is 40.3. The normalized spacial score (nSPS) is 27.0. The molecule has 300 valence electrons. The molecule has 3 aliphatic carbocycles. The smallest absolute Gasteiger partial charge is 0.408 e. The summed E-state index contributed by atoms with van der Waals surface area (Å²) in [5.74, 6) is -0.472. The van der Waals surface area contributed by atoms with E-state index in [0.29, 0.717) is 40.1 Å². The van der Waals surface area contributed by atoms with E-state index in [-0.39, 0.29) is 36.6 Å². The second kappa shape index (κ2) is 14.8. The van der Waals surface area contributed by atoms with Crippen LogP contribution in [0.15, 0.2) is 43.2 Å². The lowest BCUT2D eigenvalue weighted by molar-refractivity contribution is -0.146. The number of hydrogen-bond donors (Lipinski definition) is 4. The topological polar surface area (TPSA) is 186 Å². The summed E-state index contributed by atoms with van der Waals surface area (Å²) < 4.78 is 19.5. The number of benzene rings is 1. The van der Waals surface area contributed by atoms with E-state index < -0.39 is 58.9 Å². The molecule has 0 bridgehead atoms. The lowest BCUT2D eigenvalue weighted by Crippen LogP contribution is -2.59. The SMILES string of the molecule is C=C[C@@H]1C[C@]1(NC(=O)[C@@H]1C[C@@H](Oc2cc(-n3cc(NC(C)C)cn3)nc3c(Cl)c(OC)ccc23)CN1C(=O)[C@@H](NC(=O)OC1C[C@@H]2C[C@@H]2C1)C(C)(C)C)C(=O)O. The molecular weight excluding hydrogens is 742 g/mol. The molecule has 56 heavy (non-hydrogen) atoms. The maximum Gasteiger partial charge on any atom is 0.408 e. The summed E-state index contributed by atoms with van der Waals surface area (Å²) in [6.07, 6.45) is 6.32. The monoisotopic (exact) mass is 791 g/mol. The zero-order valence-corrected chi connectivity index (χ0v) is 33.3. The standard InChI is InChI=1S/C40H50ClN7O8/c1-8-23-16-40(23,37(51)52)46-35(49)28-14-26(19-47(28)36(50)34(39(4,5)6)45-38(53)56-25-12-21-11-22(21)13-25)55-30-15-31(48-18-24(17-42-48)43-20(2)3)44-33-27(30)9-10-29(54-7)32(33)41/h8-10,15,17-18,20-23,25-26,28,34,43H,1,11-14,16,19H2,2-7H3,(H,45,53)(H,46,49)(H,51,52)/t21-,22+,23-,25?,26-,28+,34-,40-/m1/s1. The Morgan fingerprint density at radius 1 is 1.09 bits per heavy atom. The van der Waals surface area contributed by atoms with Gasteiger partial charge in [0.1, 0.15) is 46.4 Å². The van der Waals surface area contributed by atoms with Crippen LogP contribution in [0.4, 0.5) is 10.5 Å². The Bertz CT molecular complexity index is 2050. The lowest BCUT2D eigenvalue weighted by Gasteiger charge is -2.35. The van der Waals surface area contributed by atoms with Crippen molar-refractivity contribution in [3.05, 3.63) is 48.3 Å². The number of amides is 3. The van der Waals surface area contributed by atoms with Gasteiger partial charge in [-0.05, 0) is 68.9 Å². The van der Waals surface area contributed by atoms with E-state index >= 15 is 0 Å². The van der Waals surface area contributed by atoms with Crippen molar-refractivity contribution in [2.45, 2.75) is 103 Å².